The van der Waals surface area contributed by atoms with Gasteiger partial charge in [0, 0.05) is 17.1 Å². The maximum absolute atomic E-state index is 12.7. The summed E-state index contributed by atoms with van der Waals surface area (Å²) in [5.74, 6) is 0.642. The number of likely N-dealkylation sites (N-methyl/N-ethyl adjacent to an activating group) is 1. The molecule has 2 aromatic carbocycles. The van der Waals surface area contributed by atoms with E-state index < -0.39 is 0 Å². The molecule has 0 aliphatic carbocycles. The van der Waals surface area contributed by atoms with Crippen LogP contribution >= 0.6 is 11.6 Å². The van der Waals surface area contributed by atoms with Crippen LogP contribution in [0.5, 0.6) is 0 Å². The zero-order valence-corrected chi connectivity index (χ0v) is 13.3. The van der Waals surface area contributed by atoms with E-state index in [0.717, 1.165) is 22.3 Å². The second kappa shape index (κ2) is 5.25. The first kappa shape index (κ1) is 14.0. The number of halogens is 1. The maximum atomic E-state index is 12.7. The molecule has 0 unspecified atom stereocenters. The van der Waals surface area contributed by atoms with E-state index >= 15 is 0 Å². The van der Waals surface area contributed by atoms with Crippen LogP contribution in [-0.2, 0) is 4.79 Å². The summed E-state index contributed by atoms with van der Waals surface area (Å²) in [5.41, 5.74) is 4.18. The number of imidazole rings is 1. The number of fused-ring (bicyclic) bond motifs is 2. The van der Waals surface area contributed by atoms with Crippen molar-refractivity contribution in [3.05, 3.63) is 58.9 Å². The number of carbonyl (C=O) groups is 1. The van der Waals surface area contributed by atoms with Crippen LogP contribution in [-0.4, -0.2) is 22.4 Å². The monoisotopic (exact) mass is 323 g/mol. The summed E-state index contributed by atoms with van der Waals surface area (Å²) >= 11 is 6.11. The Hall–Kier alpha value is -2.59. The molecule has 1 N–H and O–H groups in total. The zero-order valence-electron chi connectivity index (χ0n) is 12.5. The van der Waals surface area contributed by atoms with Crippen LogP contribution in [0.3, 0.4) is 0 Å². The molecule has 114 valence electrons. The van der Waals surface area contributed by atoms with E-state index in [2.05, 4.69) is 9.97 Å². The van der Waals surface area contributed by atoms with Gasteiger partial charge in [0.15, 0.2) is 0 Å². The molecule has 1 aliphatic rings. The van der Waals surface area contributed by atoms with Crippen LogP contribution in [0.2, 0.25) is 5.02 Å². The van der Waals surface area contributed by atoms with Gasteiger partial charge in [-0.1, -0.05) is 23.7 Å². The van der Waals surface area contributed by atoms with Crippen LogP contribution in [0.25, 0.3) is 22.7 Å². The first-order chi connectivity index (χ1) is 11.2. The number of para-hydroxylation sites is 2. The number of anilines is 1. The van der Waals surface area contributed by atoms with E-state index in [1.54, 1.807) is 17.0 Å². The van der Waals surface area contributed by atoms with Crippen molar-refractivity contribution in [2.24, 2.45) is 0 Å². The number of hydrogen-bond donors (Lipinski definition) is 1. The Morgan fingerprint density at radius 3 is 2.87 bits per heavy atom. The Balaban J connectivity index is 1.87. The van der Waals surface area contributed by atoms with Crippen LogP contribution < -0.4 is 4.90 Å². The minimum atomic E-state index is -0.0229. The third kappa shape index (κ3) is 2.23. The topological polar surface area (TPSA) is 49.0 Å². The summed E-state index contributed by atoms with van der Waals surface area (Å²) in [6.07, 6.45) is 1.80. The van der Waals surface area contributed by atoms with Crippen molar-refractivity contribution in [3.63, 3.8) is 0 Å². The van der Waals surface area contributed by atoms with E-state index in [-0.39, 0.29) is 5.91 Å². The SMILES string of the molecule is CCN1C(=O)/C(=C\c2nc3ccccc3[nH]2)c2cc(Cl)ccc21. The van der Waals surface area contributed by atoms with Gasteiger partial charge >= 0.3 is 0 Å². The fraction of sp³-hybridized carbons (Fsp3) is 0.111. The predicted octanol–water partition coefficient (Wildman–Crippen LogP) is 4.12. The number of amides is 1. The molecule has 0 radical (unpaired) electrons. The predicted molar refractivity (Wildman–Crippen MR) is 93.4 cm³/mol. The van der Waals surface area contributed by atoms with Gasteiger partial charge in [0.1, 0.15) is 5.82 Å². The molecule has 1 aliphatic heterocycles. The third-order valence-electron chi connectivity index (χ3n) is 4.02. The van der Waals surface area contributed by atoms with Crippen molar-refractivity contribution in [2.75, 3.05) is 11.4 Å². The van der Waals surface area contributed by atoms with Gasteiger partial charge in [-0.25, -0.2) is 4.98 Å². The molecular weight excluding hydrogens is 310 g/mol. The van der Waals surface area contributed by atoms with Crippen LogP contribution in [0, 0.1) is 0 Å². The van der Waals surface area contributed by atoms with E-state index in [9.17, 15) is 4.79 Å². The van der Waals surface area contributed by atoms with Crippen molar-refractivity contribution in [1.82, 2.24) is 9.97 Å². The minimum Gasteiger partial charge on any atom is -0.338 e. The number of carbonyl (C=O) groups excluding carboxylic acids is 1. The van der Waals surface area contributed by atoms with Crippen molar-refractivity contribution < 1.29 is 4.79 Å². The Kier molecular flexibility index (Phi) is 3.20. The molecular formula is C18H14ClN3O. The molecule has 0 saturated heterocycles. The van der Waals surface area contributed by atoms with E-state index in [1.807, 2.05) is 43.3 Å². The molecule has 4 rings (SSSR count). The summed E-state index contributed by atoms with van der Waals surface area (Å²) in [6.45, 7) is 2.57. The number of benzene rings is 2. The summed E-state index contributed by atoms with van der Waals surface area (Å²) in [6, 6.07) is 13.3. The summed E-state index contributed by atoms with van der Waals surface area (Å²) in [4.78, 5) is 22.2. The number of hydrogen-bond acceptors (Lipinski definition) is 2. The summed E-state index contributed by atoms with van der Waals surface area (Å²) < 4.78 is 0. The molecule has 1 amide bonds. The average molecular weight is 324 g/mol. The van der Waals surface area contributed by atoms with Crippen LogP contribution in [0.4, 0.5) is 5.69 Å². The van der Waals surface area contributed by atoms with Gasteiger partial charge in [-0.05, 0) is 43.3 Å². The highest BCUT2D eigenvalue weighted by Gasteiger charge is 2.31. The van der Waals surface area contributed by atoms with E-state index in [1.165, 1.54) is 0 Å². The number of H-pyrrole nitrogens is 1. The van der Waals surface area contributed by atoms with Crippen molar-refractivity contribution in [2.45, 2.75) is 6.92 Å². The van der Waals surface area contributed by atoms with Gasteiger partial charge < -0.3 is 9.88 Å². The molecule has 5 heteroatoms. The Morgan fingerprint density at radius 1 is 1.26 bits per heavy atom. The fourth-order valence-electron chi connectivity index (χ4n) is 2.96. The van der Waals surface area contributed by atoms with Gasteiger partial charge in [-0.15, -0.1) is 0 Å². The lowest BCUT2D eigenvalue weighted by atomic mass is 10.1. The molecule has 0 bridgehead atoms. The Bertz CT molecular complexity index is 925. The van der Waals surface area contributed by atoms with Gasteiger partial charge in [-0.3, -0.25) is 4.79 Å². The molecule has 3 aromatic rings. The van der Waals surface area contributed by atoms with Crippen molar-refractivity contribution >= 4 is 45.9 Å². The minimum absolute atomic E-state index is 0.0229. The molecule has 23 heavy (non-hydrogen) atoms. The molecule has 2 heterocycles. The van der Waals surface area contributed by atoms with Crippen molar-refractivity contribution in [3.8, 4) is 0 Å². The number of nitrogens with one attached hydrogen (secondary N) is 1. The van der Waals surface area contributed by atoms with Crippen LogP contribution in [0.1, 0.15) is 18.3 Å². The van der Waals surface area contributed by atoms with Crippen molar-refractivity contribution in [1.29, 1.82) is 0 Å². The third-order valence-corrected chi connectivity index (χ3v) is 4.26. The highest BCUT2D eigenvalue weighted by molar-refractivity contribution is 6.37. The lowest BCUT2D eigenvalue weighted by molar-refractivity contribution is -0.112. The number of rotatable bonds is 2. The average Bonchev–Trinajstić information content (AvgIpc) is 3.07. The quantitative estimate of drug-likeness (QED) is 0.721. The van der Waals surface area contributed by atoms with Gasteiger partial charge in [0.05, 0.1) is 22.3 Å². The first-order valence-electron chi connectivity index (χ1n) is 7.45. The molecule has 4 nitrogen and oxygen atoms in total. The standard InChI is InChI=1S/C18H14ClN3O/c1-2-22-16-8-7-11(19)9-12(16)13(18(22)23)10-17-20-14-5-3-4-6-15(14)21-17/h3-10H,2H2,1H3,(H,20,21)/b13-10-. The fourth-order valence-corrected chi connectivity index (χ4v) is 3.13. The second-order valence-electron chi connectivity index (χ2n) is 5.41. The van der Waals surface area contributed by atoms with Gasteiger partial charge in [-0.2, -0.15) is 0 Å². The highest BCUT2D eigenvalue weighted by Crippen LogP contribution is 2.38. The number of aromatic amines is 1. The molecule has 0 spiro atoms. The summed E-state index contributed by atoms with van der Waals surface area (Å²) in [7, 11) is 0. The lowest BCUT2D eigenvalue weighted by Crippen LogP contribution is -2.25. The molecule has 0 atom stereocenters. The number of aromatic nitrogens is 2. The van der Waals surface area contributed by atoms with Crippen LogP contribution in [0.15, 0.2) is 42.5 Å². The number of nitrogens with zero attached hydrogens (tertiary/aromatic N) is 2. The highest BCUT2D eigenvalue weighted by atomic mass is 35.5. The van der Waals surface area contributed by atoms with E-state index in [4.69, 9.17) is 11.6 Å². The van der Waals surface area contributed by atoms with Gasteiger partial charge in [0.2, 0.25) is 0 Å². The Labute approximate surface area is 138 Å². The molecule has 0 fully saturated rings. The molecule has 1 aromatic heterocycles. The Morgan fingerprint density at radius 2 is 2.09 bits per heavy atom. The summed E-state index contributed by atoms with van der Waals surface area (Å²) in [5, 5.41) is 0.616. The van der Waals surface area contributed by atoms with E-state index in [0.29, 0.717) is 23.0 Å². The first-order valence-corrected chi connectivity index (χ1v) is 7.83. The molecule has 0 saturated carbocycles. The normalized spacial score (nSPS) is 15.7. The lowest BCUT2D eigenvalue weighted by Gasteiger charge is -2.13. The largest absolute Gasteiger partial charge is 0.338 e. The second-order valence-corrected chi connectivity index (χ2v) is 5.84. The zero-order chi connectivity index (χ0) is 16.0. The van der Waals surface area contributed by atoms with Gasteiger partial charge in [0.25, 0.3) is 5.91 Å². The maximum Gasteiger partial charge on any atom is 0.259 e. The smallest absolute Gasteiger partial charge is 0.259 e.